The molecule has 0 spiro atoms. The van der Waals surface area contributed by atoms with Gasteiger partial charge in [-0.25, -0.2) is 0 Å². The van der Waals surface area contributed by atoms with Crippen molar-refractivity contribution in [3.8, 4) is 6.07 Å². The molecule has 17 heavy (non-hydrogen) atoms. The molecule has 0 radical (unpaired) electrons. The van der Waals surface area contributed by atoms with Crippen molar-refractivity contribution in [2.75, 3.05) is 5.32 Å². The Balaban J connectivity index is 2.80. The quantitative estimate of drug-likeness (QED) is 0.828. The Labute approximate surface area is 111 Å². The Morgan fingerprint density at radius 2 is 2.18 bits per heavy atom. The largest absolute Gasteiger partial charge is 0.325 e. The van der Waals surface area contributed by atoms with Crippen LogP contribution in [0, 0.1) is 17.2 Å². The Kier molecular flexibility index (Phi) is 4.86. The van der Waals surface area contributed by atoms with Crippen LogP contribution in [0.2, 0.25) is 5.02 Å². The number of thiol groups is 1. The van der Waals surface area contributed by atoms with Gasteiger partial charge in [0.15, 0.2) is 0 Å². The number of carbonyl (C=O) groups is 1. The molecule has 0 saturated carbocycles. The van der Waals surface area contributed by atoms with Crippen LogP contribution in [0.5, 0.6) is 0 Å². The highest BCUT2D eigenvalue weighted by molar-refractivity contribution is 7.81. The molecule has 0 heterocycles. The average molecular weight is 269 g/mol. The SMILES string of the molecule is CC(C)C(S)C(=O)Nc1ccc(C#N)c(Cl)c1. The number of hydrogen-bond donors (Lipinski definition) is 2. The maximum atomic E-state index is 11.7. The maximum absolute atomic E-state index is 11.7. The summed E-state index contributed by atoms with van der Waals surface area (Å²) >= 11 is 10.1. The predicted molar refractivity (Wildman–Crippen MR) is 72.4 cm³/mol. The summed E-state index contributed by atoms with van der Waals surface area (Å²) < 4.78 is 0. The number of nitriles is 1. The highest BCUT2D eigenvalue weighted by Gasteiger charge is 2.17. The number of hydrogen-bond acceptors (Lipinski definition) is 3. The molecular formula is C12H13ClN2OS. The molecule has 0 fully saturated rings. The topological polar surface area (TPSA) is 52.9 Å². The molecule has 1 unspecified atom stereocenters. The lowest BCUT2D eigenvalue weighted by Crippen LogP contribution is -2.27. The molecular weight excluding hydrogens is 256 g/mol. The van der Waals surface area contributed by atoms with Crippen molar-refractivity contribution in [1.82, 2.24) is 0 Å². The molecule has 3 nitrogen and oxygen atoms in total. The molecule has 5 heteroatoms. The number of amides is 1. The smallest absolute Gasteiger partial charge is 0.237 e. The summed E-state index contributed by atoms with van der Waals surface area (Å²) in [6.07, 6.45) is 0. The van der Waals surface area contributed by atoms with Gasteiger partial charge in [-0.1, -0.05) is 25.4 Å². The first-order chi connectivity index (χ1) is 7.95. The zero-order valence-electron chi connectivity index (χ0n) is 9.57. The van der Waals surface area contributed by atoms with Gasteiger partial charge >= 0.3 is 0 Å². The zero-order valence-corrected chi connectivity index (χ0v) is 11.2. The molecule has 0 aliphatic heterocycles. The van der Waals surface area contributed by atoms with Crippen molar-refractivity contribution in [3.05, 3.63) is 28.8 Å². The first-order valence-corrected chi connectivity index (χ1v) is 6.03. The fourth-order valence-corrected chi connectivity index (χ4v) is 1.49. The monoisotopic (exact) mass is 268 g/mol. The number of anilines is 1. The van der Waals surface area contributed by atoms with E-state index >= 15 is 0 Å². The van der Waals surface area contributed by atoms with Gasteiger partial charge in [0.05, 0.1) is 15.8 Å². The standard InChI is InChI=1S/C12H13ClN2OS/c1-7(2)11(17)12(16)15-9-4-3-8(6-14)10(13)5-9/h3-5,7,11,17H,1-2H3,(H,15,16). The van der Waals surface area contributed by atoms with E-state index in [0.717, 1.165) is 0 Å². The molecule has 1 amide bonds. The predicted octanol–water partition coefficient (Wildman–Crippen LogP) is 3.10. The number of benzene rings is 1. The van der Waals surface area contributed by atoms with Gasteiger partial charge in [-0.2, -0.15) is 17.9 Å². The van der Waals surface area contributed by atoms with Crippen LogP contribution in [-0.2, 0) is 4.79 Å². The van der Waals surface area contributed by atoms with Crippen LogP contribution in [0.25, 0.3) is 0 Å². The lowest BCUT2D eigenvalue weighted by molar-refractivity contribution is -0.116. The minimum atomic E-state index is -0.371. The third-order valence-electron chi connectivity index (χ3n) is 2.26. The summed E-state index contributed by atoms with van der Waals surface area (Å²) in [5, 5.41) is 11.4. The summed E-state index contributed by atoms with van der Waals surface area (Å²) in [6, 6.07) is 6.72. The van der Waals surface area contributed by atoms with Crippen LogP contribution >= 0.6 is 24.2 Å². The summed E-state index contributed by atoms with van der Waals surface area (Å²) in [6.45, 7) is 3.84. The maximum Gasteiger partial charge on any atom is 0.237 e. The minimum absolute atomic E-state index is 0.146. The van der Waals surface area contributed by atoms with Crippen LogP contribution in [-0.4, -0.2) is 11.2 Å². The Morgan fingerprint density at radius 3 is 2.65 bits per heavy atom. The molecule has 1 aromatic rings. The second-order valence-corrected chi connectivity index (χ2v) is 4.95. The van der Waals surface area contributed by atoms with Crippen LogP contribution in [0.3, 0.4) is 0 Å². The number of nitrogens with zero attached hydrogens (tertiary/aromatic N) is 1. The van der Waals surface area contributed by atoms with E-state index in [2.05, 4.69) is 17.9 Å². The molecule has 0 aromatic heterocycles. The van der Waals surface area contributed by atoms with Gasteiger partial charge in [0, 0.05) is 5.69 Å². The fourth-order valence-electron chi connectivity index (χ4n) is 1.20. The van der Waals surface area contributed by atoms with Gasteiger partial charge in [0.25, 0.3) is 0 Å². The van der Waals surface area contributed by atoms with Gasteiger partial charge in [0.1, 0.15) is 6.07 Å². The molecule has 1 atom stereocenters. The van der Waals surface area contributed by atoms with E-state index < -0.39 is 0 Å². The number of nitrogens with one attached hydrogen (secondary N) is 1. The molecule has 90 valence electrons. The van der Waals surface area contributed by atoms with Crippen molar-refractivity contribution in [2.24, 2.45) is 5.92 Å². The summed E-state index contributed by atoms with van der Waals surface area (Å²) in [7, 11) is 0. The van der Waals surface area contributed by atoms with Gasteiger partial charge in [0.2, 0.25) is 5.91 Å². The summed E-state index contributed by atoms with van der Waals surface area (Å²) in [5.41, 5.74) is 0.953. The van der Waals surface area contributed by atoms with Crippen LogP contribution in [0.15, 0.2) is 18.2 Å². The van der Waals surface area contributed by atoms with E-state index in [1.807, 2.05) is 19.9 Å². The fraction of sp³-hybridized carbons (Fsp3) is 0.333. The summed E-state index contributed by atoms with van der Waals surface area (Å²) in [5.74, 6) is -0.0312. The highest BCUT2D eigenvalue weighted by Crippen LogP contribution is 2.21. The zero-order chi connectivity index (χ0) is 13.0. The van der Waals surface area contributed by atoms with Crippen molar-refractivity contribution in [2.45, 2.75) is 19.1 Å². The Morgan fingerprint density at radius 1 is 1.53 bits per heavy atom. The first-order valence-electron chi connectivity index (χ1n) is 5.14. The molecule has 1 rings (SSSR count). The minimum Gasteiger partial charge on any atom is -0.325 e. The second kappa shape index (κ2) is 5.95. The van der Waals surface area contributed by atoms with Gasteiger partial charge in [-0.05, 0) is 24.1 Å². The van der Waals surface area contributed by atoms with E-state index in [4.69, 9.17) is 16.9 Å². The van der Waals surface area contributed by atoms with Crippen LogP contribution in [0.1, 0.15) is 19.4 Å². The van der Waals surface area contributed by atoms with E-state index in [1.165, 1.54) is 0 Å². The average Bonchev–Trinajstić information content (AvgIpc) is 2.28. The van der Waals surface area contributed by atoms with Crippen molar-refractivity contribution in [3.63, 3.8) is 0 Å². The van der Waals surface area contributed by atoms with E-state index in [0.29, 0.717) is 16.3 Å². The van der Waals surface area contributed by atoms with Gasteiger partial charge in [-0.3, -0.25) is 4.79 Å². The normalized spacial score (nSPS) is 12.0. The Bertz CT molecular complexity index is 468. The van der Waals surface area contributed by atoms with E-state index in [-0.39, 0.29) is 17.1 Å². The summed E-state index contributed by atoms with van der Waals surface area (Å²) in [4.78, 5) is 11.7. The Hall–Kier alpha value is -1.18. The lowest BCUT2D eigenvalue weighted by Gasteiger charge is -2.14. The van der Waals surface area contributed by atoms with E-state index in [1.54, 1.807) is 18.2 Å². The number of carbonyl (C=O) groups excluding carboxylic acids is 1. The molecule has 0 bridgehead atoms. The second-order valence-electron chi connectivity index (χ2n) is 3.98. The van der Waals surface area contributed by atoms with Crippen LogP contribution < -0.4 is 5.32 Å². The van der Waals surface area contributed by atoms with Crippen molar-refractivity contribution < 1.29 is 4.79 Å². The van der Waals surface area contributed by atoms with Crippen molar-refractivity contribution >= 4 is 35.8 Å². The molecule has 0 aliphatic carbocycles. The number of rotatable bonds is 3. The van der Waals surface area contributed by atoms with E-state index in [9.17, 15) is 4.79 Å². The van der Waals surface area contributed by atoms with Crippen molar-refractivity contribution in [1.29, 1.82) is 5.26 Å². The highest BCUT2D eigenvalue weighted by atomic mass is 35.5. The van der Waals surface area contributed by atoms with Crippen LogP contribution in [0.4, 0.5) is 5.69 Å². The van der Waals surface area contributed by atoms with Gasteiger partial charge < -0.3 is 5.32 Å². The molecule has 0 saturated heterocycles. The third-order valence-corrected chi connectivity index (χ3v) is 3.40. The lowest BCUT2D eigenvalue weighted by atomic mass is 10.1. The molecule has 1 aromatic carbocycles. The van der Waals surface area contributed by atoms with Gasteiger partial charge in [-0.15, -0.1) is 0 Å². The first kappa shape index (κ1) is 13.9. The number of halogens is 1. The molecule has 1 N–H and O–H groups in total. The molecule has 0 aliphatic rings. The third kappa shape index (κ3) is 3.65.